The lowest BCUT2D eigenvalue weighted by atomic mass is 10.1. The maximum absolute atomic E-state index is 12.4. The van der Waals surface area contributed by atoms with E-state index in [2.05, 4.69) is 0 Å². The first-order chi connectivity index (χ1) is 10.1. The van der Waals surface area contributed by atoms with E-state index in [4.69, 9.17) is 9.47 Å². The molecule has 2 aromatic rings. The van der Waals surface area contributed by atoms with Gasteiger partial charge in [0.2, 0.25) is 0 Å². The van der Waals surface area contributed by atoms with Crippen molar-refractivity contribution in [3.05, 3.63) is 51.7 Å². The molecular weight excluding hydrogens is 284 g/mol. The summed E-state index contributed by atoms with van der Waals surface area (Å²) in [6.07, 6.45) is 3.40. The summed E-state index contributed by atoms with van der Waals surface area (Å²) in [5, 5.41) is 0. The fraction of sp³-hybridized carbons (Fsp3) is 0.235. The molecule has 1 heterocycles. The number of thiophene rings is 1. The van der Waals surface area contributed by atoms with Crippen LogP contribution in [0.15, 0.2) is 36.4 Å². The van der Waals surface area contributed by atoms with Crippen molar-refractivity contribution in [2.24, 2.45) is 0 Å². The van der Waals surface area contributed by atoms with E-state index in [1.54, 1.807) is 42.7 Å². The quantitative estimate of drug-likeness (QED) is 0.587. The first kappa shape index (κ1) is 15.3. The Hall–Kier alpha value is -2.07. The third-order valence-corrected chi connectivity index (χ3v) is 3.88. The maximum atomic E-state index is 12.4. The lowest BCUT2D eigenvalue weighted by Crippen LogP contribution is -2.02. The van der Waals surface area contributed by atoms with Crippen molar-refractivity contribution in [2.75, 3.05) is 13.7 Å². The average molecular weight is 302 g/mol. The van der Waals surface area contributed by atoms with E-state index in [1.165, 1.54) is 4.88 Å². The van der Waals surface area contributed by atoms with E-state index in [0.29, 0.717) is 23.7 Å². The van der Waals surface area contributed by atoms with Crippen molar-refractivity contribution in [3.8, 4) is 11.5 Å². The number of rotatable bonds is 6. The fourth-order valence-corrected chi connectivity index (χ4v) is 2.68. The Morgan fingerprint density at radius 1 is 1.29 bits per heavy atom. The molecule has 3 nitrogen and oxygen atoms in total. The predicted molar refractivity (Wildman–Crippen MR) is 86.6 cm³/mol. The number of ketones is 1. The summed E-state index contributed by atoms with van der Waals surface area (Å²) in [5.41, 5.74) is 0.515. The van der Waals surface area contributed by atoms with E-state index in [-0.39, 0.29) is 5.78 Å². The zero-order valence-electron chi connectivity index (χ0n) is 12.4. The summed E-state index contributed by atoms with van der Waals surface area (Å²) < 4.78 is 10.7. The van der Waals surface area contributed by atoms with Gasteiger partial charge >= 0.3 is 0 Å². The van der Waals surface area contributed by atoms with Crippen LogP contribution in [-0.2, 0) is 0 Å². The highest BCUT2D eigenvalue weighted by Crippen LogP contribution is 2.25. The van der Waals surface area contributed by atoms with Crippen molar-refractivity contribution in [3.63, 3.8) is 0 Å². The summed E-state index contributed by atoms with van der Waals surface area (Å²) in [5.74, 6) is 1.13. The molecule has 1 aromatic carbocycles. The first-order valence-electron chi connectivity index (χ1n) is 6.73. The van der Waals surface area contributed by atoms with Crippen LogP contribution in [0.3, 0.4) is 0 Å². The van der Waals surface area contributed by atoms with E-state index in [9.17, 15) is 4.79 Å². The van der Waals surface area contributed by atoms with Crippen LogP contribution in [0, 0.1) is 6.92 Å². The molecule has 0 fully saturated rings. The number of carbonyl (C=O) groups is 1. The highest BCUT2D eigenvalue weighted by atomic mass is 32.1. The monoisotopic (exact) mass is 302 g/mol. The van der Waals surface area contributed by atoms with Crippen LogP contribution in [0.5, 0.6) is 11.5 Å². The molecule has 0 aliphatic carbocycles. The molecule has 0 aliphatic heterocycles. The molecule has 0 amide bonds. The van der Waals surface area contributed by atoms with Gasteiger partial charge in [-0.1, -0.05) is 0 Å². The van der Waals surface area contributed by atoms with Crippen LogP contribution in [0.4, 0.5) is 0 Å². The third kappa shape index (κ3) is 3.95. The average Bonchev–Trinajstić information content (AvgIpc) is 2.91. The molecule has 0 bridgehead atoms. The maximum Gasteiger partial charge on any atom is 0.189 e. The van der Waals surface area contributed by atoms with Crippen molar-refractivity contribution in [1.82, 2.24) is 0 Å². The molecule has 0 unspecified atom stereocenters. The SMILES string of the molecule is CCOc1ccc(OC)cc1C(=O)/C=C/c1ccc(C)s1. The highest BCUT2D eigenvalue weighted by molar-refractivity contribution is 7.12. The summed E-state index contributed by atoms with van der Waals surface area (Å²) in [6, 6.07) is 9.29. The molecule has 0 saturated carbocycles. The van der Waals surface area contributed by atoms with E-state index < -0.39 is 0 Å². The van der Waals surface area contributed by atoms with Gasteiger partial charge in [0.25, 0.3) is 0 Å². The summed E-state index contributed by atoms with van der Waals surface area (Å²) in [4.78, 5) is 14.6. The molecule has 0 atom stereocenters. The summed E-state index contributed by atoms with van der Waals surface area (Å²) in [7, 11) is 1.58. The third-order valence-electron chi connectivity index (χ3n) is 2.91. The Bertz CT molecular complexity index is 656. The Morgan fingerprint density at radius 2 is 2.10 bits per heavy atom. The Kier molecular flexibility index (Phi) is 5.17. The number of ether oxygens (including phenoxy) is 2. The predicted octanol–water partition coefficient (Wildman–Crippen LogP) is 4.36. The zero-order valence-corrected chi connectivity index (χ0v) is 13.2. The van der Waals surface area contributed by atoms with Gasteiger partial charge in [0.15, 0.2) is 5.78 Å². The van der Waals surface area contributed by atoms with Gasteiger partial charge in [0.1, 0.15) is 11.5 Å². The minimum Gasteiger partial charge on any atom is -0.497 e. The standard InChI is InChI=1S/C17H18O3S/c1-4-20-17-10-6-13(19-3)11-15(17)16(18)9-8-14-7-5-12(2)21-14/h5-11H,4H2,1-3H3/b9-8+. The van der Waals surface area contributed by atoms with E-state index in [1.807, 2.05) is 32.1 Å². The van der Waals surface area contributed by atoms with Crippen molar-refractivity contribution < 1.29 is 14.3 Å². The second-order valence-electron chi connectivity index (χ2n) is 4.44. The van der Waals surface area contributed by atoms with Crippen LogP contribution < -0.4 is 9.47 Å². The molecule has 110 valence electrons. The van der Waals surface area contributed by atoms with E-state index >= 15 is 0 Å². The molecule has 0 saturated heterocycles. The Morgan fingerprint density at radius 3 is 2.71 bits per heavy atom. The molecule has 0 N–H and O–H groups in total. The van der Waals surface area contributed by atoms with Crippen molar-refractivity contribution in [2.45, 2.75) is 13.8 Å². The highest BCUT2D eigenvalue weighted by Gasteiger charge is 2.11. The number of carbonyl (C=O) groups excluding carboxylic acids is 1. The number of allylic oxidation sites excluding steroid dienone is 1. The fourth-order valence-electron chi connectivity index (χ4n) is 1.90. The number of hydrogen-bond donors (Lipinski definition) is 0. The van der Waals surface area contributed by atoms with Crippen LogP contribution in [0.2, 0.25) is 0 Å². The number of benzene rings is 1. The van der Waals surface area contributed by atoms with Gasteiger partial charge in [0.05, 0.1) is 19.3 Å². The molecular formula is C17H18O3S. The summed E-state index contributed by atoms with van der Waals surface area (Å²) in [6.45, 7) is 4.45. The molecule has 0 radical (unpaired) electrons. The van der Waals surface area contributed by atoms with Gasteiger partial charge < -0.3 is 9.47 Å². The second kappa shape index (κ2) is 7.09. The van der Waals surface area contributed by atoms with Gasteiger partial charge in [-0.3, -0.25) is 4.79 Å². The normalized spacial score (nSPS) is 10.8. The van der Waals surface area contributed by atoms with Gasteiger partial charge in [-0.2, -0.15) is 0 Å². The van der Waals surface area contributed by atoms with Gasteiger partial charge in [-0.25, -0.2) is 0 Å². The number of methoxy groups -OCH3 is 1. The largest absolute Gasteiger partial charge is 0.497 e. The molecule has 4 heteroatoms. The Labute approximate surface area is 128 Å². The van der Waals surface area contributed by atoms with Crippen LogP contribution in [0.1, 0.15) is 27.0 Å². The molecule has 0 spiro atoms. The lowest BCUT2D eigenvalue weighted by molar-refractivity contribution is 0.104. The van der Waals surface area contributed by atoms with Crippen molar-refractivity contribution >= 4 is 23.2 Å². The van der Waals surface area contributed by atoms with Crippen LogP contribution in [0.25, 0.3) is 6.08 Å². The minimum absolute atomic E-state index is 0.0941. The topological polar surface area (TPSA) is 35.5 Å². The molecule has 2 rings (SSSR count). The molecule has 21 heavy (non-hydrogen) atoms. The van der Waals surface area contributed by atoms with Crippen molar-refractivity contribution in [1.29, 1.82) is 0 Å². The minimum atomic E-state index is -0.0941. The van der Waals surface area contributed by atoms with Gasteiger partial charge in [-0.05, 0) is 56.3 Å². The number of hydrogen-bond acceptors (Lipinski definition) is 4. The summed E-state index contributed by atoms with van der Waals surface area (Å²) >= 11 is 1.65. The Balaban J connectivity index is 2.26. The van der Waals surface area contributed by atoms with Gasteiger partial charge in [-0.15, -0.1) is 11.3 Å². The van der Waals surface area contributed by atoms with E-state index in [0.717, 1.165) is 4.88 Å². The van der Waals surface area contributed by atoms with Crippen LogP contribution >= 0.6 is 11.3 Å². The smallest absolute Gasteiger partial charge is 0.189 e. The molecule has 0 aliphatic rings. The second-order valence-corrected chi connectivity index (χ2v) is 5.76. The zero-order chi connectivity index (χ0) is 15.2. The number of aryl methyl sites for hydroxylation is 1. The lowest BCUT2D eigenvalue weighted by Gasteiger charge is -2.09. The molecule has 1 aromatic heterocycles. The van der Waals surface area contributed by atoms with Gasteiger partial charge in [0, 0.05) is 9.75 Å². The van der Waals surface area contributed by atoms with Crippen LogP contribution in [-0.4, -0.2) is 19.5 Å². The first-order valence-corrected chi connectivity index (χ1v) is 7.55.